The van der Waals surface area contributed by atoms with Crippen molar-refractivity contribution in [3.8, 4) is 0 Å². The van der Waals surface area contributed by atoms with Crippen LogP contribution in [0, 0.1) is 5.92 Å². The van der Waals surface area contributed by atoms with Crippen molar-refractivity contribution in [1.29, 1.82) is 0 Å². The van der Waals surface area contributed by atoms with Crippen molar-refractivity contribution < 1.29 is 23.5 Å². The first-order valence-corrected chi connectivity index (χ1v) is 8.79. The first kappa shape index (κ1) is 19.6. The third-order valence-electron chi connectivity index (χ3n) is 3.92. The fourth-order valence-corrected chi connectivity index (χ4v) is 2.63. The fraction of sp³-hybridized carbons (Fsp3) is 0.400. The molecule has 0 amide bonds. The molecule has 2 aromatic rings. The minimum Gasteiger partial charge on any atom is -0.466 e. The molecule has 26 heavy (non-hydrogen) atoms. The van der Waals surface area contributed by atoms with Gasteiger partial charge in [0.25, 0.3) is 0 Å². The molecule has 1 aromatic carbocycles. The Morgan fingerprint density at radius 2 is 1.73 bits per heavy atom. The Bertz CT molecular complexity index is 710. The number of hydrogen-bond donors (Lipinski definition) is 1. The average molecular weight is 359 g/mol. The minimum absolute atomic E-state index is 0.133. The van der Waals surface area contributed by atoms with E-state index in [9.17, 15) is 9.59 Å². The molecular weight excluding hydrogens is 334 g/mol. The summed E-state index contributed by atoms with van der Waals surface area (Å²) in [7, 11) is 0. The number of ether oxygens (including phenoxy) is 2. The molecule has 0 spiro atoms. The monoisotopic (exact) mass is 359 g/mol. The second-order valence-corrected chi connectivity index (χ2v) is 5.85. The molecule has 0 aliphatic rings. The van der Waals surface area contributed by atoms with Crippen molar-refractivity contribution >= 4 is 17.6 Å². The van der Waals surface area contributed by atoms with Gasteiger partial charge >= 0.3 is 11.9 Å². The van der Waals surface area contributed by atoms with Gasteiger partial charge in [0.15, 0.2) is 0 Å². The topological polar surface area (TPSA) is 77.8 Å². The lowest BCUT2D eigenvalue weighted by molar-refractivity contribution is -0.148. The smallest absolute Gasteiger partial charge is 0.374 e. The molecule has 0 aliphatic heterocycles. The molecule has 6 heteroatoms. The number of para-hydroxylation sites is 1. The summed E-state index contributed by atoms with van der Waals surface area (Å²) >= 11 is 0. The van der Waals surface area contributed by atoms with Crippen molar-refractivity contribution in [3.63, 3.8) is 0 Å². The van der Waals surface area contributed by atoms with Crippen molar-refractivity contribution in [2.24, 2.45) is 5.92 Å². The predicted octanol–water partition coefficient (Wildman–Crippen LogP) is 3.68. The summed E-state index contributed by atoms with van der Waals surface area (Å²) < 4.78 is 15.7. The standard InChI is InChI=1S/C20H25NO5/c1-4-24-19(22)17(14(3)21-15-9-7-6-8-10-15)13-16-11-12-18(26-16)20(23)25-5-2/h6-12,14,17,21H,4-5,13H2,1-3H3. The molecule has 1 heterocycles. The number of carbonyl (C=O) groups is 2. The zero-order chi connectivity index (χ0) is 18.9. The molecule has 140 valence electrons. The van der Waals surface area contributed by atoms with Crippen LogP contribution in [-0.2, 0) is 20.7 Å². The Morgan fingerprint density at radius 3 is 2.38 bits per heavy atom. The van der Waals surface area contributed by atoms with E-state index in [0.717, 1.165) is 5.69 Å². The Morgan fingerprint density at radius 1 is 1.04 bits per heavy atom. The second kappa shape index (κ2) is 9.65. The number of anilines is 1. The largest absolute Gasteiger partial charge is 0.466 e. The molecule has 0 radical (unpaired) electrons. The summed E-state index contributed by atoms with van der Waals surface area (Å²) in [6, 6.07) is 12.7. The van der Waals surface area contributed by atoms with Crippen LogP contribution in [0.2, 0.25) is 0 Å². The van der Waals surface area contributed by atoms with Gasteiger partial charge in [-0.05, 0) is 45.0 Å². The van der Waals surface area contributed by atoms with Crippen LogP contribution in [0.15, 0.2) is 46.9 Å². The summed E-state index contributed by atoms with van der Waals surface area (Å²) in [6.07, 6.45) is 0.319. The highest BCUT2D eigenvalue weighted by Gasteiger charge is 2.28. The lowest BCUT2D eigenvalue weighted by Gasteiger charge is -2.23. The first-order chi connectivity index (χ1) is 12.5. The van der Waals surface area contributed by atoms with E-state index in [1.165, 1.54) is 0 Å². The second-order valence-electron chi connectivity index (χ2n) is 5.85. The summed E-state index contributed by atoms with van der Waals surface area (Å²) in [4.78, 5) is 24.2. The third kappa shape index (κ3) is 5.37. The van der Waals surface area contributed by atoms with Gasteiger partial charge in [0.1, 0.15) is 5.76 Å². The van der Waals surface area contributed by atoms with Gasteiger partial charge in [0.05, 0.1) is 19.1 Å². The molecule has 1 N–H and O–H groups in total. The van der Waals surface area contributed by atoms with Crippen molar-refractivity contribution in [1.82, 2.24) is 0 Å². The van der Waals surface area contributed by atoms with Crippen LogP contribution in [0.4, 0.5) is 5.69 Å². The van der Waals surface area contributed by atoms with Gasteiger partial charge in [-0.2, -0.15) is 0 Å². The highest BCUT2D eigenvalue weighted by Crippen LogP contribution is 2.20. The summed E-state index contributed by atoms with van der Waals surface area (Å²) in [6.45, 7) is 6.01. The maximum absolute atomic E-state index is 12.4. The van der Waals surface area contributed by atoms with Crippen molar-refractivity contribution in [3.05, 3.63) is 54.0 Å². The highest BCUT2D eigenvalue weighted by atomic mass is 16.5. The number of hydrogen-bond acceptors (Lipinski definition) is 6. The maximum Gasteiger partial charge on any atom is 0.374 e. The van der Waals surface area contributed by atoms with E-state index in [2.05, 4.69) is 5.32 Å². The number of esters is 2. The molecule has 2 unspecified atom stereocenters. The first-order valence-electron chi connectivity index (χ1n) is 8.79. The quantitative estimate of drug-likeness (QED) is 0.688. The van der Waals surface area contributed by atoms with Crippen LogP contribution in [0.3, 0.4) is 0 Å². The van der Waals surface area contributed by atoms with Gasteiger partial charge < -0.3 is 19.2 Å². The van der Waals surface area contributed by atoms with Gasteiger partial charge in [-0.1, -0.05) is 18.2 Å². The summed E-state index contributed by atoms with van der Waals surface area (Å²) in [5.74, 6) is -0.614. The number of furan rings is 1. The lowest BCUT2D eigenvalue weighted by atomic mass is 9.95. The molecular formula is C20H25NO5. The van der Waals surface area contributed by atoms with Crippen LogP contribution in [-0.4, -0.2) is 31.2 Å². The zero-order valence-electron chi connectivity index (χ0n) is 15.4. The highest BCUT2D eigenvalue weighted by molar-refractivity contribution is 5.86. The van der Waals surface area contributed by atoms with Gasteiger partial charge in [-0.25, -0.2) is 4.79 Å². The maximum atomic E-state index is 12.4. The Hall–Kier alpha value is -2.76. The van der Waals surface area contributed by atoms with E-state index < -0.39 is 11.9 Å². The average Bonchev–Trinajstić information content (AvgIpc) is 3.09. The minimum atomic E-state index is -0.512. The SMILES string of the molecule is CCOC(=O)c1ccc(CC(C(=O)OCC)C(C)Nc2ccccc2)o1. The van der Waals surface area contributed by atoms with E-state index in [1.54, 1.807) is 26.0 Å². The lowest BCUT2D eigenvalue weighted by Crippen LogP contribution is -2.35. The van der Waals surface area contributed by atoms with Crippen LogP contribution in [0.25, 0.3) is 0 Å². The number of nitrogens with one attached hydrogen (secondary N) is 1. The summed E-state index contributed by atoms with van der Waals surface area (Å²) in [5.41, 5.74) is 0.918. The van der Waals surface area contributed by atoms with E-state index in [1.807, 2.05) is 37.3 Å². The number of rotatable bonds is 9. The number of carbonyl (C=O) groups excluding carboxylic acids is 2. The van der Waals surface area contributed by atoms with E-state index >= 15 is 0 Å². The Kier molecular flexibility index (Phi) is 7.26. The van der Waals surface area contributed by atoms with Gasteiger partial charge in [-0.3, -0.25) is 4.79 Å². The number of benzene rings is 1. The zero-order valence-corrected chi connectivity index (χ0v) is 15.4. The van der Waals surface area contributed by atoms with Crippen LogP contribution >= 0.6 is 0 Å². The molecule has 2 atom stereocenters. The Balaban J connectivity index is 2.12. The van der Waals surface area contributed by atoms with E-state index in [0.29, 0.717) is 18.8 Å². The predicted molar refractivity (Wildman–Crippen MR) is 98.0 cm³/mol. The normalized spacial score (nSPS) is 12.9. The van der Waals surface area contributed by atoms with Gasteiger partial charge in [0.2, 0.25) is 5.76 Å². The van der Waals surface area contributed by atoms with Crippen molar-refractivity contribution in [2.45, 2.75) is 33.2 Å². The van der Waals surface area contributed by atoms with Crippen molar-refractivity contribution in [2.75, 3.05) is 18.5 Å². The molecule has 0 aliphatic carbocycles. The molecule has 2 rings (SSSR count). The molecule has 0 saturated carbocycles. The third-order valence-corrected chi connectivity index (χ3v) is 3.92. The van der Waals surface area contributed by atoms with Gasteiger partial charge in [-0.15, -0.1) is 0 Å². The molecule has 6 nitrogen and oxygen atoms in total. The molecule has 1 aromatic heterocycles. The fourth-order valence-electron chi connectivity index (χ4n) is 2.63. The van der Waals surface area contributed by atoms with E-state index in [-0.39, 0.29) is 24.4 Å². The van der Waals surface area contributed by atoms with Crippen LogP contribution in [0.5, 0.6) is 0 Å². The van der Waals surface area contributed by atoms with Crippen LogP contribution < -0.4 is 5.32 Å². The van der Waals surface area contributed by atoms with E-state index in [4.69, 9.17) is 13.9 Å². The van der Waals surface area contributed by atoms with Gasteiger partial charge in [0, 0.05) is 18.2 Å². The molecule has 0 fully saturated rings. The van der Waals surface area contributed by atoms with Crippen LogP contribution in [0.1, 0.15) is 37.1 Å². The Labute approximate surface area is 153 Å². The molecule has 0 saturated heterocycles. The summed E-state index contributed by atoms with van der Waals surface area (Å²) in [5, 5.41) is 3.32. The molecule has 0 bridgehead atoms.